The fourth-order valence-electron chi connectivity index (χ4n) is 2.61. The summed E-state index contributed by atoms with van der Waals surface area (Å²) in [5.41, 5.74) is 4.18. The van der Waals surface area contributed by atoms with Gasteiger partial charge in [0.05, 0.1) is 5.92 Å². The average Bonchev–Trinajstić information content (AvgIpc) is 2.71. The molecule has 2 rings (SSSR count). The van der Waals surface area contributed by atoms with Gasteiger partial charge in [-0.05, 0) is 30.9 Å². The number of carbonyl (C=O) groups is 2. The Balaban J connectivity index is 2.01. The lowest BCUT2D eigenvalue weighted by Gasteiger charge is -2.21. The Hall–Kier alpha value is -1.88. The number of hydrogen-bond acceptors (Lipinski definition) is 3. The van der Waals surface area contributed by atoms with Crippen LogP contribution in [0.25, 0.3) is 0 Å². The molecule has 1 unspecified atom stereocenters. The molecule has 2 amide bonds. The number of rotatable bonds is 4. The van der Waals surface area contributed by atoms with Gasteiger partial charge in [0.1, 0.15) is 0 Å². The highest BCUT2D eigenvalue weighted by Crippen LogP contribution is 2.18. The zero-order valence-electron chi connectivity index (χ0n) is 12.5. The summed E-state index contributed by atoms with van der Waals surface area (Å²) in [7, 11) is 0. The minimum atomic E-state index is -0.274. The number of hydrazine groups is 1. The van der Waals surface area contributed by atoms with Gasteiger partial charge in [-0.1, -0.05) is 30.7 Å². The Morgan fingerprint density at radius 1 is 1.29 bits per heavy atom. The minimum Gasteiger partial charge on any atom is -0.338 e. The van der Waals surface area contributed by atoms with Crippen molar-refractivity contribution >= 4 is 11.8 Å². The third-order valence-electron chi connectivity index (χ3n) is 4.06. The van der Waals surface area contributed by atoms with Gasteiger partial charge < -0.3 is 4.90 Å². The van der Waals surface area contributed by atoms with Gasteiger partial charge in [0.15, 0.2) is 0 Å². The van der Waals surface area contributed by atoms with Gasteiger partial charge in [0, 0.05) is 19.5 Å². The van der Waals surface area contributed by atoms with E-state index in [1.54, 1.807) is 0 Å². The molecule has 1 aliphatic heterocycles. The molecule has 3 N–H and O–H groups in total. The second-order valence-electron chi connectivity index (χ2n) is 5.60. The highest BCUT2D eigenvalue weighted by molar-refractivity contribution is 5.82. The molecule has 1 atom stereocenters. The predicted molar refractivity (Wildman–Crippen MR) is 81.1 cm³/mol. The van der Waals surface area contributed by atoms with Gasteiger partial charge in [-0.15, -0.1) is 0 Å². The predicted octanol–water partition coefficient (Wildman–Crippen LogP) is 1.68. The number of hydrogen-bond donors (Lipinski definition) is 2. The fraction of sp³-hybridized carbons (Fsp3) is 0.500. The Bertz CT molecular complexity index is 499. The maximum atomic E-state index is 12.0. The van der Waals surface area contributed by atoms with Crippen LogP contribution in [-0.2, 0) is 16.1 Å². The van der Waals surface area contributed by atoms with Crippen LogP contribution in [0.15, 0.2) is 24.3 Å². The first kappa shape index (κ1) is 15.5. The van der Waals surface area contributed by atoms with Gasteiger partial charge in [-0.25, -0.2) is 5.84 Å². The van der Waals surface area contributed by atoms with E-state index in [2.05, 4.69) is 5.43 Å². The fourth-order valence-corrected chi connectivity index (χ4v) is 2.61. The molecule has 1 saturated heterocycles. The average molecular weight is 289 g/mol. The van der Waals surface area contributed by atoms with Gasteiger partial charge >= 0.3 is 0 Å². The van der Waals surface area contributed by atoms with Crippen LogP contribution in [-0.4, -0.2) is 23.3 Å². The minimum absolute atomic E-state index is 0.203. The van der Waals surface area contributed by atoms with Crippen LogP contribution in [0.2, 0.25) is 0 Å². The third-order valence-corrected chi connectivity index (χ3v) is 4.06. The number of carbonyl (C=O) groups excluding carboxylic acids is 2. The van der Waals surface area contributed by atoms with E-state index in [4.69, 9.17) is 5.84 Å². The molecule has 1 fully saturated rings. The second-order valence-corrected chi connectivity index (χ2v) is 5.60. The summed E-state index contributed by atoms with van der Waals surface area (Å²) in [6.07, 6.45) is 3.87. The molecule has 1 aliphatic rings. The molecule has 0 spiro atoms. The van der Waals surface area contributed by atoms with Crippen molar-refractivity contribution in [2.24, 2.45) is 5.84 Å². The molecule has 1 aromatic carbocycles. The van der Waals surface area contributed by atoms with Crippen molar-refractivity contribution in [1.82, 2.24) is 10.3 Å². The van der Waals surface area contributed by atoms with Crippen molar-refractivity contribution in [1.29, 1.82) is 0 Å². The molecular formula is C16H23N3O2. The molecule has 0 saturated carbocycles. The lowest BCUT2D eigenvalue weighted by molar-refractivity contribution is -0.131. The van der Waals surface area contributed by atoms with Gasteiger partial charge in [-0.2, -0.15) is 0 Å². The number of nitrogens with zero attached hydrogens (tertiary/aromatic N) is 1. The zero-order chi connectivity index (χ0) is 15.2. The van der Waals surface area contributed by atoms with Crippen LogP contribution in [0, 0.1) is 0 Å². The van der Waals surface area contributed by atoms with E-state index >= 15 is 0 Å². The Morgan fingerprint density at radius 3 is 2.67 bits per heavy atom. The van der Waals surface area contributed by atoms with Gasteiger partial charge in [-0.3, -0.25) is 15.0 Å². The normalized spacial score (nSPS) is 17.2. The van der Waals surface area contributed by atoms with Crippen LogP contribution in [0.3, 0.4) is 0 Å². The summed E-state index contributed by atoms with van der Waals surface area (Å²) in [5.74, 6) is 4.92. The highest BCUT2D eigenvalue weighted by Gasteiger charge is 2.17. The van der Waals surface area contributed by atoms with Crippen molar-refractivity contribution in [3.63, 3.8) is 0 Å². The summed E-state index contributed by atoms with van der Waals surface area (Å²) in [6, 6.07) is 7.82. The molecule has 0 aliphatic carbocycles. The third kappa shape index (κ3) is 4.04. The van der Waals surface area contributed by atoms with E-state index < -0.39 is 0 Å². The molecule has 0 radical (unpaired) electrons. The Kier molecular flexibility index (Phi) is 5.33. The van der Waals surface area contributed by atoms with Crippen LogP contribution in [0.5, 0.6) is 0 Å². The summed E-state index contributed by atoms with van der Waals surface area (Å²) < 4.78 is 0. The molecule has 0 aromatic heterocycles. The lowest BCUT2D eigenvalue weighted by Crippen LogP contribution is -2.33. The molecule has 1 aromatic rings. The molecule has 5 heteroatoms. The van der Waals surface area contributed by atoms with Gasteiger partial charge in [0.2, 0.25) is 11.8 Å². The van der Waals surface area contributed by atoms with E-state index in [1.165, 1.54) is 0 Å². The second kappa shape index (κ2) is 7.22. The molecule has 0 bridgehead atoms. The van der Waals surface area contributed by atoms with Crippen LogP contribution >= 0.6 is 0 Å². The molecule has 5 nitrogen and oxygen atoms in total. The Morgan fingerprint density at radius 2 is 2.00 bits per heavy atom. The quantitative estimate of drug-likeness (QED) is 0.503. The van der Waals surface area contributed by atoms with Crippen molar-refractivity contribution in [2.75, 3.05) is 6.54 Å². The maximum absolute atomic E-state index is 12.0. The number of amides is 2. The van der Waals surface area contributed by atoms with Crippen LogP contribution in [0.1, 0.15) is 49.7 Å². The van der Waals surface area contributed by atoms with E-state index in [-0.39, 0.29) is 17.7 Å². The summed E-state index contributed by atoms with van der Waals surface area (Å²) in [6.45, 7) is 3.30. The maximum Gasteiger partial charge on any atom is 0.241 e. The topological polar surface area (TPSA) is 75.4 Å². The lowest BCUT2D eigenvalue weighted by atomic mass is 9.99. The van der Waals surface area contributed by atoms with Crippen molar-refractivity contribution in [3.8, 4) is 0 Å². The van der Waals surface area contributed by atoms with Crippen LogP contribution < -0.4 is 11.3 Å². The zero-order valence-corrected chi connectivity index (χ0v) is 12.5. The molecule has 114 valence electrons. The summed E-state index contributed by atoms with van der Waals surface area (Å²) in [5, 5.41) is 0. The van der Waals surface area contributed by atoms with Crippen molar-refractivity contribution in [2.45, 2.75) is 45.1 Å². The largest absolute Gasteiger partial charge is 0.338 e. The standard InChI is InChI=1S/C16H23N3O2/c1-12(16(21)18-17)14-8-6-13(7-9-14)11-19-10-4-2-3-5-15(19)20/h6-9,12H,2-5,10-11,17H2,1H3,(H,18,21). The van der Waals surface area contributed by atoms with E-state index in [9.17, 15) is 9.59 Å². The monoisotopic (exact) mass is 289 g/mol. The highest BCUT2D eigenvalue weighted by atomic mass is 16.2. The summed E-state index contributed by atoms with van der Waals surface area (Å²) >= 11 is 0. The van der Waals surface area contributed by atoms with Crippen molar-refractivity contribution in [3.05, 3.63) is 35.4 Å². The first-order chi connectivity index (χ1) is 10.1. The number of benzene rings is 1. The SMILES string of the molecule is CC(C(=O)NN)c1ccc(CN2CCCCCC2=O)cc1. The first-order valence-corrected chi connectivity index (χ1v) is 7.49. The molecular weight excluding hydrogens is 266 g/mol. The first-order valence-electron chi connectivity index (χ1n) is 7.49. The van der Waals surface area contributed by atoms with Crippen molar-refractivity contribution < 1.29 is 9.59 Å². The number of likely N-dealkylation sites (tertiary alicyclic amines) is 1. The van der Waals surface area contributed by atoms with E-state index in [0.29, 0.717) is 13.0 Å². The molecule has 21 heavy (non-hydrogen) atoms. The number of nitrogens with two attached hydrogens (primary N) is 1. The Labute approximate surface area is 125 Å². The molecule has 1 heterocycles. The smallest absolute Gasteiger partial charge is 0.241 e. The van der Waals surface area contributed by atoms with E-state index in [1.807, 2.05) is 36.1 Å². The summed E-state index contributed by atoms with van der Waals surface area (Å²) in [4.78, 5) is 25.4. The van der Waals surface area contributed by atoms with Crippen LogP contribution in [0.4, 0.5) is 0 Å². The van der Waals surface area contributed by atoms with Gasteiger partial charge in [0.25, 0.3) is 0 Å². The van der Waals surface area contributed by atoms with E-state index in [0.717, 1.165) is 36.9 Å². The number of nitrogens with one attached hydrogen (secondary N) is 1.